The smallest absolute Gasteiger partial charge is 0.240 e. The van der Waals surface area contributed by atoms with Crippen LogP contribution in [0.3, 0.4) is 0 Å². The van der Waals surface area contributed by atoms with Gasteiger partial charge in [0.1, 0.15) is 4.99 Å². The van der Waals surface area contributed by atoms with E-state index in [9.17, 15) is 8.42 Å². The van der Waals surface area contributed by atoms with Crippen molar-refractivity contribution in [3.8, 4) is 0 Å². The van der Waals surface area contributed by atoms with E-state index in [1.165, 1.54) is 12.1 Å². The van der Waals surface area contributed by atoms with Gasteiger partial charge >= 0.3 is 0 Å². The van der Waals surface area contributed by atoms with E-state index in [0.717, 1.165) is 12.8 Å². The Labute approximate surface area is 124 Å². The highest BCUT2D eigenvalue weighted by atomic mass is 32.2. The third kappa shape index (κ3) is 3.54. The van der Waals surface area contributed by atoms with E-state index >= 15 is 0 Å². The first-order chi connectivity index (χ1) is 9.42. The Balaban J connectivity index is 1.99. The van der Waals surface area contributed by atoms with Crippen LogP contribution in [0.4, 0.5) is 0 Å². The predicted octanol–water partition coefficient (Wildman–Crippen LogP) is 1.17. The van der Waals surface area contributed by atoms with Gasteiger partial charge in [0.2, 0.25) is 10.0 Å². The number of hydrogen-bond donors (Lipinski definition) is 2. The number of ether oxygens (including phenoxy) is 1. The molecule has 5 nitrogen and oxygen atoms in total. The zero-order chi connectivity index (χ0) is 14.8. The van der Waals surface area contributed by atoms with Crippen LogP contribution in [0.25, 0.3) is 0 Å². The van der Waals surface area contributed by atoms with Gasteiger partial charge in [-0.05, 0) is 31.9 Å². The van der Waals surface area contributed by atoms with Crippen molar-refractivity contribution in [3.05, 3.63) is 29.8 Å². The Morgan fingerprint density at radius 1 is 1.40 bits per heavy atom. The summed E-state index contributed by atoms with van der Waals surface area (Å²) in [6.07, 6.45) is 1.61. The Morgan fingerprint density at radius 3 is 2.50 bits per heavy atom. The van der Waals surface area contributed by atoms with Gasteiger partial charge in [0, 0.05) is 18.2 Å². The second kappa shape index (κ2) is 6.17. The Bertz CT molecular complexity index is 578. The van der Waals surface area contributed by atoms with Crippen LogP contribution in [0, 0.1) is 0 Å². The number of thiocarbonyl (C=S) groups is 1. The van der Waals surface area contributed by atoms with Crippen molar-refractivity contribution in [1.29, 1.82) is 0 Å². The van der Waals surface area contributed by atoms with Gasteiger partial charge in [-0.25, -0.2) is 13.1 Å². The minimum Gasteiger partial charge on any atom is -0.389 e. The summed E-state index contributed by atoms with van der Waals surface area (Å²) in [6.45, 7) is 2.59. The molecule has 20 heavy (non-hydrogen) atoms. The summed E-state index contributed by atoms with van der Waals surface area (Å²) in [4.78, 5) is 0.470. The molecule has 110 valence electrons. The molecule has 1 aromatic carbocycles. The zero-order valence-corrected chi connectivity index (χ0v) is 12.8. The highest BCUT2D eigenvalue weighted by Crippen LogP contribution is 2.25. The second-order valence-electron chi connectivity index (χ2n) is 4.76. The van der Waals surface area contributed by atoms with Crippen molar-refractivity contribution < 1.29 is 13.2 Å². The van der Waals surface area contributed by atoms with Crippen LogP contribution in [0.5, 0.6) is 0 Å². The van der Waals surface area contributed by atoms with E-state index in [4.69, 9.17) is 22.7 Å². The predicted molar refractivity (Wildman–Crippen MR) is 81.1 cm³/mol. The van der Waals surface area contributed by atoms with E-state index in [2.05, 4.69) is 4.72 Å². The molecular formula is C13H18N2O3S2. The van der Waals surface area contributed by atoms with E-state index in [-0.39, 0.29) is 22.0 Å². The van der Waals surface area contributed by atoms with Crippen LogP contribution in [-0.4, -0.2) is 32.2 Å². The van der Waals surface area contributed by atoms with Gasteiger partial charge in [0.05, 0.1) is 11.0 Å². The third-order valence-electron chi connectivity index (χ3n) is 3.27. The highest BCUT2D eigenvalue weighted by Gasteiger charge is 2.33. The molecule has 0 atom stereocenters. The van der Waals surface area contributed by atoms with E-state index < -0.39 is 10.0 Å². The van der Waals surface area contributed by atoms with Gasteiger partial charge in [0.25, 0.3) is 0 Å². The molecule has 0 aromatic heterocycles. The van der Waals surface area contributed by atoms with Crippen LogP contribution in [0.15, 0.2) is 29.2 Å². The van der Waals surface area contributed by atoms with E-state index in [1.807, 2.05) is 6.92 Å². The summed E-state index contributed by atoms with van der Waals surface area (Å²) in [5.41, 5.74) is 6.13. The van der Waals surface area contributed by atoms with E-state index in [1.54, 1.807) is 12.1 Å². The number of sulfonamides is 1. The van der Waals surface area contributed by atoms with Crippen molar-refractivity contribution in [3.63, 3.8) is 0 Å². The summed E-state index contributed by atoms with van der Waals surface area (Å²) in [5, 5.41) is 0. The topological polar surface area (TPSA) is 81.4 Å². The molecule has 3 N–H and O–H groups in total. The molecule has 7 heteroatoms. The summed E-state index contributed by atoms with van der Waals surface area (Å²) >= 11 is 4.83. The van der Waals surface area contributed by atoms with Gasteiger partial charge in [0.15, 0.2) is 0 Å². The maximum Gasteiger partial charge on any atom is 0.240 e. The lowest BCUT2D eigenvalue weighted by Gasteiger charge is -2.35. The summed E-state index contributed by atoms with van der Waals surface area (Å²) in [6, 6.07) is 6.19. The van der Waals surface area contributed by atoms with Gasteiger partial charge in [-0.2, -0.15) is 0 Å². The summed E-state index contributed by atoms with van der Waals surface area (Å²) < 4.78 is 32.4. The fraction of sp³-hybridized carbons (Fsp3) is 0.462. The molecule has 0 heterocycles. The van der Waals surface area contributed by atoms with Crippen LogP contribution in [0.1, 0.15) is 25.3 Å². The molecule has 0 saturated heterocycles. The summed E-state index contributed by atoms with van der Waals surface area (Å²) in [5.74, 6) is 0. The molecule has 1 saturated carbocycles. The molecule has 0 bridgehead atoms. The first-order valence-electron chi connectivity index (χ1n) is 6.46. The highest BCUT2D eigenvalue weighted by molar-refractivity contribution is 7.89. The van der Waals surface area contributed by atoms with E-state index in [0.29, 0.717) is 12.2 Å². The van der Waals surface area contributed by atoms with Crippen LogP contribution in [0.2, 0.25) is 0 Å². The van der Waals surface area contributed by atoms with Gasteiger partial charge in [-0.1, -0.05) is 24.4 Å². The van der Waals surface area contributed by atoms with Crippen molar-refractivity contribution in [2.24, 2.45) is 5.73 Å². The monoisotopic (exact) mass is 314 g/mol. The molecule has 1 aliphatic carbocycles. The van der Waals surface area contributed by atoms with Gasteiger partial charge in [-0.3, -0.25) is 0 Å². The first kappa shape index (κ1) is 15.4. The Hall–Kier alpha value is -1.02. The lowest BCUT2D eigenvalue weighted by Crippen LogP contribution is -2.47. The minimum atomic E-state index is -3.49. The molecule has 0 radical (unpaired) electrons. The summed E-state index contributed by atoms with van der Waals surface area (Å²) in [7, 11) is -3.49. The number of rotatable bonds is 6. The normalized spacial score (nSPS) is 22.2. The lowest BCUT2D eigenvalue weighted by molar-refractivity contribution is -0.00475. The fourth-order valence-electron chi connectivity index (χ4n) is 2.12. The maximum atomic E-state index is 12.2. The molecule has 0 aliphatic heterocycles. The number of nitrogens with two attached hydrogens (primary N) is 1. The standard InChI is InChI=1S/C13H18N2O3S2/c1-2-18-11-7-10(8-11)15-20(16,17)12-5-3-9(4-6-12)13(14)19/h3-6,10-11,15H,2,7-8H2,1H3,(H2,14,19). The average molecular weight is 314 g/mol. The second-order valence-corrected chi connectivity index (χ2v) is 6.91. The maximum absolute atomic E-state index is 12.2. The van der Waals surface area contributed by atoms with Crippen molar-refractivity contribution in [2.75, 3.05) is 6.61 Å². The fourth-order valence-corrected chi connectivity index (χ4v) is 3.52. The zero-order valence-electron chi connectivity index (χ0n) is 11.2. The first-order valence-corrected chi connectivity index (χ1v) is 8.35. The molecule has 2 rings (SSSR count). The molecule has 1 fully saturated rings. The SMILES string of the molecule is CCOC1CC(NS(=O)(=O)c2ccc(C(N)=S)cc2)C1. The van der Waals surface area contributed by atoms with Crippen molar-refractivity contribution >= 4 is 27.2 Å². The number of benzene rings is 1. The van der Waals surface area contributed by atoms with Crippen LogP contribution >= 0.6 is 12.2 Å². The Morgan fingerprint density at radius 2 is 2.00 bits per heavy atom. The quantitative estimate of drug-likeness (QED) is 0.770. The number of hydrogen-bond acceptors (Lipinski definition) is 4. The number of nitrogens with one attached hydrogen (secondary N) is 1. The molecule has 0 amide bonds. The largest absolute Gasteiger partial charge is 0.389 e. The third-order valence-corrected chi connectivity index (χ3v) is 5.04. The van der Waals surface area contributed by atoms with Gasteiger partial charge < -0.3 is 10.5 Å². The molecule has 0 unspecified atom stereocenters. The van der Waals surface area contributed by atoms with Crippen molar-refractivity contribution in [1.82, 2.24) is 4.72 Å². The lowest BCUT2D eigenvalue weighted by atomic mass is 9.90. The van der Waals surface area contributed by atoms with Gasteiger partial charge in [-0.15, -0.1) is 0 Å². The van der Waals surface area contributed by atoms with Crippen LogP contribution < -0.4 is 10.5 Å². The molecule has 1 aromatic rings. The van der Waals surface area contributed by atoms with Crippen molar-refractivity contribution in [2.45, 2.75) is 36.8 Å². The van der Waals surface area contributed by atoms with Crippen LogP contribution in [-0.2, 0) is 14.8 Å². The Kier molecular flexibility index (Phi) is 4.74. The molecule has 0 spiro atoms. The minimum absolute atomic E-state index is 0.0492. The average Bonchev–Trinajstić information content (AvgIpc) is 2.36. The molecular weight excluding hydrogens is 296 g/mol. The molecule has 1 aliphatic rings.